The molecule has 14 heteroatoms. The number of hydrogen-bond donors (Lipinski definition) is 2. The molecule has 1 unspecified atom stereocenters. The Morgan fingerprint density at radius 1 is 1.11 bits per heavy atom. The van der Waals surface area contributed by atoms with E-state index < -0.39 is 33.2 Å². The van der Waals surface area contributed by atoms with Crippen LogP contribution in [0.25, 0.3) is 22.4 Å². The largest absolute Gasteiger partial charge is 0.358 e. The molecular formula is C23H24F2N8O3S. The minimum Gasteiger partial charge on any atom is -0.358 e. The number of anilines is 3. The average Bonchev–Trinajstić information content (AvgIpc) is 3.33. The number of nitrogens with one attached hydrogen (secondary N) is 2. The van der Waals surface area contributed by atoms with Gasteiger partial charge in [-0.2, -0.15) is 12.7 Å². The zero-order chi connectivity index (χ0) is 26.2. The lowest BCUT2D eigenvalue weighted by Gasteiger charge is -2.23. The molecule has 0 saturated carbocycles. The van der Waals surface area contributed by atoms with Crippen molar-refractivity contribution in [2.45, 2.75) is 25.5 Å². The quantitative estimate of drug-likeness (QED) is 0.369. The molecule has 37 heavy (non-hydrogen) atoms. The molecule has 0 aliphatic carbocycles. The van der Waals surface area contributed by atoms with Gasteiger partial charge in [0.25, 0.3) is 0 Å². The summed E-state index contributed by atoms with van der Waals surface area (Å²) in [6.45, 7) is 0.653. The minimum atomic E-state index is -4.02. The summed E-state index contributed by atoms with van der Waals surface area (Å²) in [5.41, 5.74) is 0.851. The summed E-state index contributed by atoms with van der Waals surface area (Å²) in [4.78, 5) is 17.5. The Bertz CT molecular complexity index is 1560. The van der Waals surface area contributed by atoms with Gasteiger partial charge in [-0.15, -0.1) is 0 Å². The fourth-order valence-corrected chi connectivity index (χ4v) is 4.61. The second-order valence-electron chi connectivity index (χ2n) is 8.57. The Labute approximate surface area is 211 Å². The first kappa shape index (κ1) is 24.9. The number of aromatic nitrogens is 5. The zero-order valence-electron chi connectivity index (χ0n) is 20.0. The van der Waals surface area contributed by atoms with Gasteiger partial charge in [0.15, 0.2) is 11.5 Å². The molecule has 1 fully saturated rings. The zero-order valence-corrected chi connectivity index (χ0v) is 20.8. The van der Waals surface area contributed by atoms with E-state index in [1.54, 1.807) is 18.5 Å². The summed E-state index contributed by atoms with van der Waals surface area (Å²) in [7, 11) is -1.45. The lowest BCUT2D eigenvalue weighted by Crippen LogP contribution is -2.29. The van der Waals surface area contributed by atoms with E-state index in [1.807, 2.05) is 4.57 Å². The molecule has 1 aliphatic rings. The molecule has 0 bridgehead atoms. The third-order valence-electron chi connectivity index (χ3n) is 5.94. The van der Waals surface area contributed by atoms with Crippen LogP contribution in [-0.2, 0) is 14.9 Å². The predicted octanol–water partition coefficient (Wildman–Crippen LogP) is 3.83. The fraction of sp³-hybridized carbons (Fsp3) is 0.304. The number of imidazole rings is 1. The van der Waals surface area contributed by atoms with Crippen molar-refractivity contribution in [3.63, 3.8) is 0 Å². The van der Waals surface area contributed by atoms with Gasteiger partial charge in [0, 0.05) is 32.5 Å². The van der Waals surface area contributed by atoms with Gasteiger partial charge in [-0.25, -0.2) is 28.7 Å². The maximum atomic E-state index is 15.3. The molecule has 0 radical (unpaired) electrons. The third-order valence-corrected chi connectivity index (χ3v) is 7.38. The highest BCUT2D eigenvalue weighted by Gasteiger charge is 2.24. The number of benzene rings is 1. The Morgan fingerprint density at radius 2 is 1.95 bits per heavy atom. The van der Waals surface area contributed by atoms with Gasteiger partial charge in [-0.3, -0.25) is 9.29 Å². The molecule has 0 spiro atoms. The second kappa shape index (κ2) is 9.95. The van der Waals surface area contributed by atoms with Crippen molar-refractivity contribution < 1.29 is 21.9 Å². The molecule has 0 amide bonds. The topological polar surface area (TPSA) is 127 Å². The van der Waals surface area contributed by atoms with Gasteiger partial charge >= 0.3 is 10.2 Å². The number of ether oxygens (including phenoxy) is 1. The Morgan fingerprint density at radius 3 is 2.70 bits per heavy atom. The van der Waals surface area contributed by atoms with Crippen LogP contribution < -0.4 is 10.0 Å². The van der Waals surface area contributed by atoms with Crippen LogP contribution in [0.3, 0.4) is 0 Å². The van der Waals surface area contributed by atoms with Gasteiger partial charge in [-0.05, 0) is 43.5 Å². The molecule has 1 atom stereocenters. The van der Waals surface area contributed by atoms with E-state index in [2.05, 4.69) is 30.0 Å². The molecule has 11 nitrogen and oxygen atoms in total. The van der Waals surface area contributed by atoms with Crippen LogP contribution in [0.2, 0.25) is 0 Å². The maximum Gasteiger partial charge on any atom is 0.301 e. The summed E-state index contributed by atoms with van der Waals surface area (Å²) >= 11 is 0. The summed E-state index contributed by atoms with van der Waals surface area (Å²) in [5.74, 6) is -1.97. The van der Waals surface area contributed by atoms with Gasteiger partial charge in [0.2, 0.25) is 0 Å². The number of rotatable bonds is 7. The minimum absolute atomic E-state index is 0.0939. The van der Waals surface area contributed by atoms with Crippen molar-refractivity contribution in [2.75, 3.05) is 30.7 Å². The van der Waals surface area contributed by atoms with E-state index in [9.17, 15) is 12.8 Å². The molecule has 4 aromatic rings. The summed E-state index contributed by atoms with van der Waals surface area (Å²) in [6.07, 6.45) is 7.14. The SMILES string of the molecule is CN(C)S(=O)(=O)Nc1ccc(F)c(Nc2ncccc2-c2ncnc3c2ncn3C2CCCCO2)c1F. The van der Waals surface area contributed by atoms with Gasteiger partial charge in [0.1, 0.15) is 41.1 Å². The van der Waals surface area contributed by atoms with E-state index in [-0.39, 0.29) is 12.0 Å². The van der Waals surface area contributed by atoms with Crippen molar-refractivity contribution in [2.24, 2.45) is 0 Å². The Hall–Kier alpha value is -3.75. The van der Waals surface area contributed by atoms with E-state index in [1.165, 1.54) is 26.6 Å². The van der Waals surface area contributed by atoms with Crippen molar-refractivity contribution in [3.8, 4) is 11.3 Å². The normalized spacial score (nSPS) is 16.3. The van der Waals surface area contributed by atoms with Crippen LogP contribution in [0.5, 0.6) is 0 Å². The van der Waals surface area contributed by atoms with Crippen molar-refractivity contribution >= 4 is 38.6 Å². The summed E-state index contributed by atoms with van der Waals surface area (Å²) in [6, 6.07) is 5.30. The third kappa shape index (κ3) is 4.82. The Kier molecular flexibility index (Phi) is 6.70. The summed E-state index contributed by atoms with van der Waals surface area (Å²) in [5, 5.41) is 2.67. The number of hydrogen-bond acceptors (Lipinski definition) is 8. The molecule has 3 aromatic heterocycles. The van der Waals surface area contributed by atoms with E-state index in [4.69, 9.17) is 4.74 Å². The highest BCUT2D eigenvalue weighted by Crippen LogP contribution is 2.35. The van der Waals surface area contributed by atoms with Crippen LogP contribution in [0, 0.1) is 11.6 Å². The number of nitrogens with zero attached hydrogens (tertiary/aromatic N) is 6. The molecule has 4 heterocycles. The molecule has 1 aromatic carbocycles. The lowest BCUT2D eigenvalue weighted by atomic mass is 10.1. The van der Waals surface area contributed by atoms with Crippen LogP contribution >= 0.6 is 0 Å². The predicted molar refractivity (Wildman–Crippen MR) is 133 cm³/mol. The van der Waals surface area contributed by atoms with Crippen LogP contribution in [-0.4, -0.2) is 57.9 Å². The first-order valence-electron chi connectivity index (χ1n) is 11.5. The first-order chi connectivity index (χ1) is 17.8. The number of fused-ring (bicyclic) bond motifs is 1. The summed E-state index contributed by atoms with van der Waals surface area (Å²) < 4.78 is 65.0. The standard InChI is InChI=1S/C23H24F2N8O3S/c1-32(2)37(34,35)31-16-9-8-15(24)20(18(16)25)30-22-14(6-5-10-26-22)19-21-23(28-12-27-19)33(13-29-21)17-7-3-4-11-36-17/h5-6,8-10,12-13,17,31H,3-4,7,11H2,1-2H3,(H,26,30). The highest BCUT2D eigenvalue weighted by atomic mass is 32.2. The number of pyridine rings is 1. The molecular weight excluding hydrogens is 506 g/mol. The smallest absolute Gasteiger partial charge is 0.301 e. The van der Waals surface area contributed by atoms with Gasteiger partial charge < -0.3 is 10.1 Å². The van der Waals surface area contributed by atoms with E-state index >= 15 is 4.39 Å². The molecule has 194 valence electrons. The fourth-order valence-electron chi connectivity index (χ4n) is 3.99. The monoisotopic (exact) mass is 530 g/mol. The number of halogens is 2. The maximum absolute atomic E-state index is 15.3. The molecule has 1 saturated heterocycles. The van der Waals surface area contributed by atoms with Gasteiger partial charge in [0.05, 0.1) is 12.0 Å². The first-order valence-corrected chi connectivity index (χ1v) is 12.9. The van der Waals surface area contributed by atoms with E-state index in [0.717, 1.165) is 35.7 Å². The van der Waals surface area contributed by atoms with E-state index in [0.29, 0.717) is 29.0 Å². The van der Waals surface area contributed by atoms with Crippen molar-refractivity contribution in [3.05, 3.63) is 54.8 Å². The van der Waals surface area contributed by atoms with Crippen LogP contribution in [0.15, 0.2) is 43.1 Å². The molecule has 1 aliphatic heterocycles. The average molecular weight is 531 g/mol. The van der Waals surface area contributed by atoms with Crippen molar-refractivity contribution in [1.82, 2.24) is 28.8 Å². The lowest BCUT2D eigenvalue weighted by molar-refractivity contribution is -0.0298. The van der Waals surface area contributed by atoms with Crippen LogP contribution in [0.4, 0.5) is 26.0 Å². The second-order valence-corrected chi connectivity index (χ2v) is 10.5. The van der Waals surface area contributed by atoms with Crippen molar-refractivity contribution in [1.29, 1.82) is 0 Å². The Balaban J connectivity index is 1.54. The van der Waals surface area contributed by atoms with Crippen LogP contribution in [0.1, 0.15) is 25.5 Å². The highest BCUT2D eigenvalue weighted by molar-refractivity contribution is 7.90. The van der Waals surface area contributed by atoms with Gasteiger partial charge in [-0.1, -0.05) is 0 Å². The molecule has 5 rings (SSSR count). The molecule has 2 N–H and O–H groups in total.